The molecule has 3 N–H and O–H groups in total. The maximum atomic E-state index is 12.6. The van der Waals surface area contributed by atoms with Crippen LogP contribution in [0.4, 0.5) is 0 Å². The van der Waals surface area contributed by atoms with Gasteiger partial charge in [0, 0.05) is 19.4 Å². The van der Waals surface area contributed by atoms with Crippen LogP contribution in [0.5, 0.6) is 0 Å². The molecule has 9 nitrogen and oxygen atoms in total. The van der Waals surface area contributed by atoms with Crippen molar-refractivity contribution in [2.45, 2.75) is 238 Å². The van der Waals surface area contributed by atoms with E-state index in [9.17, 15) is 19.0 Å². The third-order valence-electron chi connectivity index (χ3n) is 10.2. The fraction of sp³-hybridized carbons (Fsp3) is 0.911. The van der Waals surface area contributed by atoms with Crippen molar-refractivity contribution in [1.82, 2.24) is 0 Å². The molecule has 0 aromatic rings. The molecule has 0 aliphatic heterocycles. The van der Waals surface area contributed by atoms with Crippen LogP contribution in [0.25, 0.3) is 0 Å². The van der Waals surface area contributed by atoms with E-state index in [-0.39, 0.29) is 38.6 Å². The number of allylic oxidation sites excluding steroid dienone is 2. The Morgan fingerprint density at radius 1 is 0.527 bits per heavy atom. The minimum Gasteiger partial charge on any atom is -0.462 e. The van der Waals surface area contributed by atoms with Crippen molar-refractivity contribution in [2.24, 2.45) is 5.73 Å². The van der Waals surface area contributed by atoms with E-state index in [2.05, 4.69) is 26.0 Å². The first-order valence-electron chi connectivity index (χ1n) is 23.2. The maximum absolute atomic E-state index is 12.6. The summed E-state index contributed by atoms with van der Waals surface area (Å²) in [5.74, 6) is -0.817. The quantitative estimate of drug-likeness (QED) is 0.0267. The number of unbranched alkanes of at least 4 members (excludes halogenated alkanes) is 29. The molecule has 0 radical (unpaired) electrons. The Kier molecular flexibility index (Phi) is 41.4. The van der Waals surface area contributed by atoms with Crippen LogP contribution in [-0.2, 0) is 32.7 Å². The van der Waals surface area contributed by atoms with Crippen molar-refractivity contribution >= 4 is 19.8 Å². The number of phosphoric ester groups is 1. The van der Waals surface area contributed by atoms with E-state index in [1.165, 1.54) is 167 Å². The van der Waals surface area contributed by atoms with Crippen molar-refractivity contribution in [3.05, 3.63) is 12.2 Å². The van der Waals surface area contributed by atoms with Gasteiger partial charge in [-0.15, -0.1) is 0 Å². The second kappa shape index (κ2) is 42.4. The molecule has 55 heavy (non-hydrogen) atoms. The molecule has 0 rings (SSSR count). The van der Waals surface area contributed by atoms with Crippen LogP contribution in [-0.4, -0.2) is 49.3 Å². The van der Waals surface area contributed by atoms with Crippen molar-refractivity contribution in [3.8, 4) is 0 Å². The van der Waals surface area contributed by atoms with Gasteiger partial charge in [-0.25, -0.2) is 4.57 Å². The summed E-state index contributed by atoms with van der Waals surface area (Å²) in [6.07, 6.45) is 43.8. The van der Waals surface area contributed by atoms with E-state index in [1.807, 2.05) is 0 Å². The molecule has 0 aromatic carbocycles. The van der Waals surface area contributed by atoms with Gasteiger partial charge in [0.05, 0.1) is 13.2 Å². The second-order valence-corrected chi connectivity index (χ2v) is 17.1. The van der Waals surface area contributed by atoms with Gasteiger partial charge in [-0.05, 0) is 38.5 Å². The Balaban J connectivity index is 4.05. The molecule has 0 saturated carbocycles. The highest BCUT2D eigenvalue weighted by atomic mass is 31.2. The zero-order valence-corrected chi connectivity index (χ0v) is 36.8. The van der Waals surface area contributed by atoms with Gasteiger partial charge in [-0.3, -0.25) is 18.6 Å². The Morgan fingerprint density at radius 3 is 1.29 bits per heavy atom. The largest absolute Gasteiger partial charge is 0.472 e. The van der Waals surface area contributed by atoms with Gasteiger partial charge in [-0.1, -0.05) is 193 Å². The summed E-state index contributed by atoms with van der Waals surface area (Å²) in [6, 6.07) is 0. The SMILES string of the molecule is CCCCCCCCC=CCCCCCCCCCCCCCC(=O)O[C@H](COC(=O)CCCCCCCCCCCCCCC)COP(=O)(O)OCCN. The van der Waals surface area contributed by atoms with E-state index in [0.717, 1.165) is 32.1 Å². The Labute approximate surface area is 339 Å². The van der Waals surface area contributed by atoms with E-state index in [0.29, 0.717) is 6.42 Å². The first-order valence-corrected chi connectivity index (χ1v) is 24.7. The number of hydrogen-bond donors (Lipinski definition) is 2. The summed E-state index contributed by atoms with van der Waals surface area (Å²) in [4.78, 5) is 34.9. The van der Waals surface area contributed by atoms with Crippen LogP contribution in [0, 0.1) is 0 Å². The molecule has 0 saturated heterocycles. The smallest absolute Gasteiger partial charge is 0.462 e. The summed E-state index contributed by atoms with van der Waals surface area (Å²) in [7, 11) is -4.37. The van der Waals surface area contributed by atoms with Crippen molar-refractivity contribution < 1.29 is 37.6 Å². The lowest BCUT2D eigenvalue weighted by molar-refractivity contribution is -0.161. The molecule has 0 aliphatic carbocycles. The van der Waals surface area contributed by atoms with Crippen LogP contribution in [0.15, 0.2) is 12.2 Å². The zero-order chi connectivity index (χ0) is 40.3. The fourth-order valence-corrected chi connectivity index (χ4v) is 7.45. The van der Waals surface area contributed by atoms with Crippen LogP contribution in [0.2, 0.25) is 0 Å². The molecule has 0 amide bonds. The van der Waals surface area contributed by atoms with Crippen molar-refractivity contribution in [1.29, 1.82) is 0 Å². The van der Waals surface area contributed by atoms with Gasteiger partial charge >= 0.3 is 19.8 Å². The minimum absolute atomic E-state index is 0.0564. The third-order valence-corrected chi connectivity index (χ3v) is 11.1. The summed E-state index contributed by atoms with van der Waals surface area (Å²) in [6.45, 7) is 3.76. The highest BCUT2D eigenvalue weighted by Gasteiger charge is 2.26. The summed E-state index contributed by atoms with van der Waals surface area (Å²) in [5.41, 5.74) is 5.35. The highest BCUT2D eigenvalue weighted by molar-refractivity contribution is 7.47. The normalized spacial score (nSPS) is 13.3. The molecule has 0 aromatic heterocycles. The van der Waals surface area contributed by atoms with E-state index in [4.69, 9.17) is 24.3 Å². The summed E-state index contributed by atoms with van der Waals surface area (Å²) in [5, 5.41) is 0. The topological polar surface area (TPSA) is 134 Å². The first kappa shape index (κ1) is 53.8. The van der Waals surface area contributed by atoms with Crippen LogP contribution in [0.3, 0.4) is 0 Å². The number of carbonyl (C=O) groups excluding carboxylic acids is 2. The van der Waals surface area contributed by atoms with Crippen molar-refractivity contribution in [3.63, 3.8) is 0 Å². The molecule has 0 heterocycles. The monoisotopic (exact) mass is 802 g/mol. The molecule has 2 atom stereocenters. The van der Waals surface area contributed by atoms with Gasteiger partial charge in [0.25, 0.3) is 0 Å². The van der Waals surface area contributed by atoms with Gasteiger partial charge in [0.2, 0.25) is 0 Å². The van der Waals surface area contributed by atoms with Gasteiger partial charge in [0.15, 0.2) is 6.10 Å². The van der Waals surface area contributed by atoms with E-state index in [1.54, 1.807) is 0 Å². The number of nitrogens with two attached hydrogens (primary N) is 1. The van der Waals surface area contributed by atoms with Gasteiger partial charge in [0.1, 0.15) is 6.61 Å². The molecule has 1 unspecified atom stereocenters. The number of ether oxygens (including phenoxy) is 2. The van der Waals surface area contributed by atoms with Crippen LogP contribution in [0.1, 0.15) is 232 Å². The predicted molar refractivity (Wildman–Crippen MR) is 229 cm³/mol. The predicted octanol–water partition coefficient (Wildman–Crippen LogP) is 13.4. The molecule has 326 valence electrons. The first-order chi connectivity index (χ1) is 26.8. The van der Waals surface area contributed by atoms with E-state index < -0.39 is 26.5 Å². The Hall–Kier alpha value is -1.25. The number of hydrogen-bond acceptors (Lipinski definition) is 8. The van der Waals surface area contributed by atoms with Gasteiger partial charge in [-0.2, -0.15) is 0 Å². The average Bonchev–Trinajstić information content (AvgIpc) is 3.17. The van der Waals surface area contributed by atoms with Gasteiger partial charge < -0.3 is 20.1 Å². The molecular formula is C45H88NO8P. The third kappa shape index (κ3) is 42.2. The van der Waals surface area contributed by atoms with Crippen LogP contribution < -0.4 is 5.73 Å². The summed E-state index contributed by atoms with van der Waals surface area (Å²) < 4.78 is 32.8. The Bertz CT molecular complexity index is 917. The number of phosphoric acid groups is 1. The lowest BCUT2D eigenvalue weighted by Gasteiger charge is -2.19. The fourth-order valence-electron chi connectivity index (χ4n) is 6.69. The lowest BCUT2D eigenvalue weighted by Crippen LogP contribution is -2.29. The summed E-state index contributed by atoms with van der Waals surface area (Å²) >= 11 is 0. The average molecular weight is 802 g/mol. The van der Waals surface area contributed by atoms with Crippen molar-refractivity contribution in [2.75, 3.05) is 26.4 Å². The highest BCUT2D eigenvalue weighted by Crippen LogP contribution is 2.43. The second-order valence-electron chi connectivity index (χ2n) is 15.6. The maximum Gasteiger partial charge on any atom is 0.472 e. The minimum atomic E-state index is -4.37. The van der Waals surface area contributed by atoms with Crippen LogP contribution >= 0.6 is 7.82 Å². The molecule has 0 aliphatic rings. The zero-order valence-electron chi connectivity index (χ0n) is 35.9. The molecular weight excluding hydrogens is 713 g/mol. The standard InChI is InChI=1S/C45H88NO8P/c1-3-5-7-9-11-13-15-17-18-19-20-21-22-23-24-26-28-30-32-34-36-38-45(48)54-43(42-53-55(49,50)52-40-39-46)41-51-44(47)37-35-33-31-29-27-25-16-14-12-10-8-6-4-2/h17-18,43H,3-16,19-42,46H2,1-2H3,(H,49,50)/t43-/m1/s1. The number of rotatable bonds is 44. The molecule has 0 spiro atoms. The number of carbonyl (C=O) groups is 2. The number of esters is 2. The molecule has 10 heteroatoms. The molecule has 0 fully saturated rings. The molecule has 0 bridgehead atoms. The lowest BCUT2D eigenvalue weighted by atomic mass is 10.0. The van der Waals surface area contributed by atoms with E-state index >= 15 is 0 Å². The Morgan fingerprint density at radius 2 is 0.891 bits per heavy atom.